The topological polar surface area (TPSA) is 0 Å². The molecule has 0 aromatic heterocycles. The van der Waals surface area contributed by atoms with Crippen molar-refractivity contribution in [3.63, 3.8) is 0 Å². The van der Waals surface area contributed by atoms with Crippen LogP contribution in [0.3, 0.4) is 0 Å². The van der Waals surface area contributed by atoms with Gasteiger partial charge in [-0.25, -0.2) is 0 Å². The van der Waals surface area contributed by atoms with Gasteiger partial charge in [-0.15, -0.1) is 0 Å². The molecule has 96 valence electrons. The summed E-state index contributed by atoms with van der Waals surface area (Å²) < 4.78 is 1.20. The van der Waals surface area contributed by atoms with Crippen LogP contribution in [-0.2, 0) is 6.42 Å². The van der Waals surface area contributed by atoms with E-state index < -0.39 is 0 Å². The van der Waals surface area contributed by atoms with Crippen LogP contribution in [0.15, 0.2) is 34.8 Å². The average molecular weight is 313 g/mol. The normalized spacial score (nSPS) is 12.8. The molecule has 0 nitrogen and oxygen atoms in total. The second-order valence-electron chi connectivity index (χ2n) is 5.28. The Morgan fingerprint density at radius 2 is 1.79 bits per heavy atom. The van der Waals surface area contributed by atoms with E-state index in [0.717, 1.165) is 6.42 Å². The van der Waals surface area contributed by atoms with Gasteiger partial charge in [-0.1, -0.05) is 46.3 Å². The first-order valence-corrected chi connectivity index (χ1v) is 7.44. The predicted octanol–water partition coefficient (Wildman–Crippen LogP) is 5.61. The summed E-state index contributed by atoms with van der Waals surface area (Å²) >= 11 is 3.71. The van der Waals surface area contributed by atoms with Gasteiger partial charge >= 0.3 is 0 Å². The van der Waals surface area contributed by atoms with Crippen LogP contribution in [0, 0.1) is 20.8 Å². The molecule has 0 amide bonds. The van der Waals surface area contributed by atoms with Crippen LogP contribution >= 0.6 is 15.9 Å². The molecule has 0 heterocycles. The number of hydrogen-bond acceptors (Lipinski definition) is 0. The highest BCUT2D eigenvalue weighted by molar-refractivity contribution is 9.10. The van der Waals surface area contributed by atoms with E-state index in [9.17, 15) is 0 Å². The third-order valence-electron chi connectivity index (χ3n) is 4.18. The third-order valence-corrected chi connectivity index (χ3v) is 5.01. The van der Waals surface area contributed by atoms with E-state index in [2.05, 4.69) is 73.1 Å². The molecule has 0 atom stereocenters. The van der Waals surface area contributed by atoms with Gasteiger partial charge in [0.2, 0.25) is 0 Å². The molecular weight excluding hydrogens is 296 g/mol. The fraction of sp³-hybridized carbons (Fsp3) is 0.222. The Hall–Kier alpha value is -1.34. The predicted molar refractivity (Wildman–Crippen MR) is 86.5 cm³/mol. The van der Waals surface area contributed by atoms with Crippen molar-refractivity contribution in [2.45, 2.75) is 27.2 Å². The van der Waals surface area contributed by atoms with Crippen LogP contribution in [-0.4, -0.2) is 0 Å². The van der Waals surface area contributed by atoms with Crippen LogP contribution in [0.1, 0.15) is 27.8 Å². The van der Waals surface area contributed by atoms with Crippen molar-refractivity contribution < 1.29 is 0 Å². The molecule has 0 unspecified atom stereocenters. The molecule has 3 rings (SSSR count). The molecule has 0 saturated carbocycles. The van der Waals surface area contributed by atoms with E-state index in [4.69, 9.17) is 0 Å². The molecule has 2 aromatic rings. The molecule has 0 aliphatic heterocycles. The van der Waals surface area contributed by atoms with Crippen LogP contribution < -0.4 is 0 Å². The maximum Gasteiger partial charge on any atom is 0.0216 e. The summed E-state index contributed by atoms with van der Waals surface area (Å²) in [5.41, 5.74) is 9.68. The number of halogens is 1. The maximum atomic E-state index is 3.71. The second kappa shape index (κ2) is 4.64. The summed E-state index contributed by atoms with van der Waals surface area (Å²) in [5.74, 6) is 0. The minimum absolute atomic E-state index is 1.05. The fourth-order valence-electron chi connectivity index (χ4n) is 2.85. The molecule has 0 spiro atoms. The molecule has 0 bridgehead atoms. The first-order valence-electron chi connectivity index (χ1n) is 6.64. The van der Waals surface area contributed by atoms with Crippen molar-refractivity contribution in [2.24, 2.45) is 0 Å². The van der Waals surface area contributed by atoms with Crippen molar-refractivity contribution in [3.8, 4) is 11.1 Å². The zero-order valence-corrected chi connectivity index (χ0v) is 13.1. The van der Waals surface area contributed by atoms with Crippen molar-refractivity contribution in [3.05, 3.63) is 62.6 Å². The summed E-state index contributed by atoms with van der Waals surface area (Å²) in [4.78, 5) is 0. The lowest BCUT2D eigenvalue weighted by Crippen LogP contribution is -1.96. The van der Waals surface area contributed by atoms with Crippen molar-refractivity contribution in [2.75, 3.05) is 0 Å². The largest absolute Gasteiger partial charge is 0.0795 e. The van der Waals surface area contributed by atoms with E-state index in [1.54, 1.807) is 0 Å². The Morgan fingerprint density at radius 1 is 1.00 bits per heavy atom. The summed E-state index contributed by atoms with van der Waals surface area (Å²) in [6.45, 7) is 6.58. The number of rotatable bonds is 1. The fourth-order valence-corrected chi connectivity index (χ4v) is 3.29. The lowest BCUT2D eigenvalue weighted by molar-refractivity contribution is 1.26. The molecule has 0 saturated heterocycles. The minimum Gasteiger partial charge on any atom is -0.0795 e. The van der Waals surface area contributed by atoms with Gasteiger partial charge in [-0.3, -0.25) is 0 Å². The summed E-state index contributed by atoms with van der Waals surface area (Å²) in [6.07, 6.45) is 5.56. The van der Waals surface area contributed by atoms with Crippen LogP contribution in [0.2, 0.25) is 0 Å². The van der Waals surface area contributed by atoms with Gasteiger partial charge in [0.05, 0.1) is 0 Å². The number of benzene rings is 2. The zero-order valence-electron chi connectivity index (χ0n) is 11.5. The first-order chi connectivity index (χ1) is 9.09. The van der Waals surface area contributed by atoms with Gasteiger partial charge < -0.3 is 0 Å². The molecule has 0 fully saturated rings. The molecule has 2 aromatic carbocycles. The highest BCUT2D eigenvalue weighted by Crippen LogP contribution is 2.38. The van der Waals surface area contributed by atoms with Gasteiger partial charge in [0.1, 0.15) is 0 Å². The van der Waals surface area contributed by atoms with Gasteiger partial charge in [-0.05, 0) is 72.2 Å². The van der Waals surface area contributed by atoms with Crippen molar-refractivity contribution in [1.82, 2.24) is 0 Å². The highest BCUT2D eigenvalue weighted by atomic mass is 79.9. The lowest BCUT2D eigenvalue weighted by Gasteiger charge is -2.16. The van der Waals surface area contributed by atoms with Crippen molar-refractivity contribution >= 4 is 22.0 Å². The summed E-state index contributed by atoms with van der Waals surface area (Å²) in [5, 5.41) is 0. The second-order valence-corrected chi connectivity index (χ2v) is 6.13. The van der Waals surface area contributed by atoms with Gasteiger partial charge in [-0.2, -0.15) is 0 Å². The third kappa shape index (κ3) is 1.97. The number of fused-ring (bicyclic) bond motifs is 1. The van der Waals surface area contributed by atoms with Gasteiger partial charge in [0.25, 0.3) is 0 Å². The lowest BCUT2D eigenvalue weighted by atomic mass is 9.90. The monoisotopic (exact) mass is 312 g/mol. The zero-order chi connectivity index (χ0) is 13.6. The van der Waals surface area contributed by atoms with E-state index in [-0.39, 0.29) is 0 Å². The highest BCUT2D eigenvalue weighted by Gasteiger charge is 2.17. The van der Waals surface area contributed by atoms with E-state index in [1.807, 2.05) is 0 Å². The standard InChI is InChI=1S/C18H17Br/c1-11-6-4-7-14(12(11)2)17-10-18(19)13(3)15-8-5-9-16(15)17/h4-8,10H,9H2,1-3H3. The first kappa shape index (κ1) is 12.7. The number of aryl methyl sites for hydroxylation is 1. The van der Waals surface area contributed by atoms with E-state index >= 15 is 0 Å². The smallest absolute Gasteiger partial charge is 0.0216 e. The Bertz CT molecular complexity index is 693. The molecule has 1 heteroatoms. The quantitative estimate of drug-likeness (QED) is 0.642. The van der Waals surface area contributed by atoms with Gasteiger partial charge in [0, 0.05) is 4.47 Å². The van der Waals surface area contributed by atoms with E-state index in [1.165, 1.54) is 43.4 Å². The number of allylic oxidation sites excluding steroid dienone is 1. The molecule has 1 aliphatic rings. The summed E-state index contributed by atoms with van der Waals surface area (Å²) in [6, 6.07) is 8.85. The van der Waals surface area contributed by atoms with E-state index in [0.29, 0.717) is 0 Å². The van der Waals surface area contributed by atoms with Crippen LogP contribution in [0.25, 0.3) is 17.2 Å². The minimum atomic E-state index is 1.05. The maximum absolute atomic E-state index is 3.71. The Morgan fingerprint density at radius 3 is 2.58 bits per heavy atom. The Kier molecular flexibility index (Phi) is 3.10. The molecule has 0 radical (unpaired) electrons. The van der Waals surface area contributed by atoms with Crippen molar-refractivity contribution in [1.29, 1.82) is 0 Å². The molecule has 0 N–H and O–H groups in total. The summed E-state index contributed by atoms with van der Waals surface area (Å²) in [7, 11) is 0. The van der Waals surface area contributed by atoms with Crippen LogP contribution in [0.5, 0.6) is 0 Å². The number of hydrogen-bond donors (Lipinski definition) is 0. The molecule has 19 heavy (non-hydrogen) atoms. The van der Waals surface area contributed by atoms with Gasteiger partial charge in [0.15, 0.2) is 0 Å². The Balaban J connectivity index is 2.31. The molecular formula is C18H17Br. The molecule has 1 aliphatic carbocycles. The average Bonchev–Trinajstić information content (AvgIpc) is 2.87. The Labute approximate surface area is 123 Å². The van der Waals surface area contributed by atoms with Crippen LogP contribution in [0.4, 0.5) is 0 Å². The SMILES string of the molecule is Cc1cccc(-c2cc(Br)c(C)c3c2CC=C3)c1C.